The maximum atomic E-state index is 10.8. The van der Waals surface area contributed by atoms with Crippen LogP contribution < -0.4 is 4.90 Å². The number of benzene rings is 1. The van der Waals surface area contributed by atoms with Gasteiger partial charge in [0.1, 0.15) is 11.6 Å². The normalized spacial score (nSPS) is 9.83. The predicted octanol–water partition coefficient (Wildman–Crippen LogP) is 1.94. The summed E-state index contributed by atoms with van der Waals surface area (Å²) in [5.41, 5.74) is 0.598. The second-order valence-corrected chi connectivity index (χ2v) is 3.69. The van der Waals surface area contributed by atoms with E-state index in [4.69, 9.17) is 10.00 Å². The zero-order valence-electron chi connectivity index (χ0n) is 10.4. The van der Waals surface area contributed by atoms with Gasteiger partial charge in [-0.3, -0.25) is 10.1 Å². The highest BCUT2D eigenvalue weighted by Crippen LogP contribution is 2.24. The molecule has 0 saturated carbocycles. The fourth-order valence-corrected chi connectivity index (χ4v) is 1.48. The van der Waals surface area contributed by atoms with Crippen molar-refractivity contribution in [1.29, 1.82) is 5.26 Å². The number of anilines is 1. The first-order valence-corrected chi connectivity index (χ1v) is 5.57. The summed E-state index contributed by atoms with van der Waals surface area (Å²) in [5, 5.41) is 19.6. The van der Waals surface area contributed by atoms with E-state index >= 15 is 0 Å². The molecule has 6 heteroatoms. The summed E-state index contributed by atoms with van der Waals surface area (Å²) in [5.74, 6) is 0. The fourth-order valence-electron chi connectivity index (χ4n) is 1.48. The molecule has 0 amide bonds. The van der Waals surface area contributed by atoms with Crippen molar-refractivity contribution in [1.82, 2.24) is 0 Å². The molecule has 0 aliphatic heterocycles. The van der Waals surface area contributed by atoms with Gasteiger partial charge in [-0.2, -0.15) is 5.26 Å². The highest BCUT2D eigenvalue weighted by molar-refractivity contribution is 5.60. The lowest BCUT2D eigenvalue weighted by Gasteiger charge is -2.18. The average Bonchev–Trinajstić information content (AvgIpc) is 2.38. The molecule has 0 fully saturated rings. The number of nitro groups is 1. The highest BCUT2D eigenvalue weighted by atomic mass is 16.6. The van der Waals surface area contributed by atoms with E-state index in [1.807, 2.05) is 24.9 Å². The molecule has 0 bridgehead atoms. The molecule has 0 N–H and O–H groups in total. The Morgan fingerprint density at radius 3 is 2.83 bits per heavy atom. The van der Waals surface area contributed by atoms with Crippen molar-refractivity contribution >= 4 is 11.4 Å². The van der Waals surface area contributed by atoms with Gasteiger partial charge in [-0.05, 0) is 19.1 Å². The number of ether oxygens (including phenoxy) is 1. The lowest BCUT2D eigenvalue weighted by Crippen LogP contribution is -2.22. The highest BCUT2D eigenvalue weighted by Gasteiger charge is 2.15. The number of rotatable bonds is 6. The van der Waals surface area contributed by atoms with Crippen molar-refractivity contribution < 1.29 is 9.66 Å². The Morgan fingerprint density at radius 2 is 2.28 bits per heavy atom. The van der Waals surface area contributed by atoms with Crippen LogP contribution in [-0.2, 0) is 4.74 Å². The van der Waals surface area contributed by atoms with Crippen LogP contribution in [0.4, 0.5) is 11.4 Å². The monoisotopic (exact) mass is 249 g/mol. The zero-order chi connectivity index (χ0) is 13.5. The van der Waals surface area contributed by atoms with Gasteiger partial charge in [0.2, 0.25) is 0 Å². The van der Waals surface area contributed by atoms with E-state index in [9.17, 15) is 10.1 Å². The molecular weight excluding hydrogens is 234 g/mol. The molecule has 0 heterocycles. The molecule has 0 radical (unpaired) electrons. The van der Waals surface area contributed by atoms with Crippen molar-refractivity contribution in [3.8, 4) is 6.07 Å². The van der Waals surface area contributed by atoms with Crippen LogP contribution in [0.5, 0.6) is 0 Å². The van der Waals surface area contributed by atoms with Crippen molar-refractivity contribution in [2.45, 2.75) is 6.92 Å². The first-order chi connectivity index (χ1) is 8.60. The van der Waals surface area contributed by atoms with Crippen molar-refractivity contribution in [2.75, 3.05) is 31.7 Å². The Labute approximate surface area is 106 Å². The molecule has 0 saturated heterocycles. The fraction of sp³-hybridized carbons (Fsp3) is 0.417. The molecule has 0 aromatic heterocycles. The lowest BCUT2D eigenvalue weighted by molar-refractivity contribution is -0.385. The van der Waals surface area contributed by atoms with Crippen LogP contribution in [0.2, 0.25) is 0 Å². The zero-order valence-corrected chi connectivity index (χ0v) is 10.4. The van der Waals surface area contributed by atoms with E-state index in [2.05, 4.69) is 0 Å². The Bertz CT molecular complexity index is 468. The van der Waals surface area contributed by atoms with Crippen LogP contribution in [0.3, 0.4) is 0 Å². The molecule has 1 rings (SSSR count). The molecular formula is C12H15N3O3. The average molecular weight is 249 g/mol. The molecule has 0 atom stereocenters. The SMILES string of the molecule is CCOCCN(C)c1ccc(C#N)c([N+](=O)[O-])c1. The van der Waals surface area contributed by atoms with Gasteiger partial charge in [-0.25, -0.2) is 0 Å². The third-order valence-corrected chi connectivity index (χ3v) is 2.51. The maximum absolute atomic E-state index is 10.8. The second kappa shape index (κ2) is 6.57. The third kappa shape index (κ3) is 3.43. The third-order valence-electron chi connectivity index (χ3n) is 2.51. The Hall–Kier alpha value is -2.13. The van der Waals surface area contributed by atoms with Crippen LogP contribution in [0.15, 0.2) is 18.2 Å². The smallest absolute Gasteiger partial charge is 0.289 e. The topological polar surface area (TPSA) is 79.4 Å². The van der Waals surface area contributed by atoms with Crippen LogP contribution in [0.25, 0.3) is 0 Å². The Kier molecular flexibility index (Phi) is 5.08. The molecule has 0 spiro atoms. The minimum atomic E-state index is -0.543. The molecule has 0 aliphatic rings. The van der Waals surface area contributed by atoms with Crippen LogP contribution in [0.1, 0.15) is 12.5 Å². The summed E-state index contributed by atoms with van der Waals surface area (Å²) >= 11 is 0. The van der Waals surface area contributed by atoms with E-state index in [-0.39, 0.29) is 11.3 Å². The van der Waals surface area contributed by atoms with Crippen LogP contribution in [-0.4, -0.2) is 31.7 Å². The quantitative estimate of drug-likeness (QED) is 0.437. The van der Waals surface area contributed by atoms with E-state index in [0.29, 0.717) is 25.4 Å². The Balaban J connectivity index is 2.88. The maximum Gasteiger partial charge on any atom is 0.289 e. The second-order valence-electron chi connectivity index (χ2n) is 3.69. The number of likely N-dealkylation sites (N-methyl/N-ethyl adjacent to an activating group) is 1. The standard InChI is InChI=1S/C12H15N3O3/c1-3-18-7-6-14(2)11-5-4-10(9-13)12(8-11)15(16)17/h4-5,8H,3,6-7H2,1-2H3. The van der Waals surface area contributed by atoms with E-state index in [1.165, 1.54) is 12.1 Å². The van der Waals surface area contributed by atoms with Gasteiger partial charge in [-0.15, -0.1) is 0 Å². The molecule has 1 aromatic rings. The first-order valence-electron chi connectivity index (χ1n) is 5.57. The lowest BCUT2D eigenvalue weighted by atomic mass is 10.1. The van der Waals surface area contributed by atoms with Gasteiger partial charge in [0.25, 0.3) is 5.69 Å². The van der Waals surface area contributed by atoms with Gasteiger partial charge < -0.3 is 9.64 Å². The van der Waals surface area contributed by atoms with Gasteiger partial charge in [0, 0.05) is 32.0 Å². The van der Waals surface area contributed by atoms with E-state index in [1.54, 1.807) is 6.07 Å². The molecule has 0 unspecified atom stereocenters. The summed E-state index contributed by atoms with van der Waals surface area (Å²) in [7, 11) is 1.82. The Morgan fingerprint density at radius 1 is 1.56 bits per heavy atom. The van der Waals surface area contributed by atoms with Gasteiger partial charge in [-0.1, -0.05) is 0 Å². The van der Waals surface area contributed by atoms with Gasteiger partial charge in [0.15, 0.2) is 0 Å². The van der Waals surface area contributed by atoms with E-state index in [0.717, 1.165) is 0 Å². The minimum Gasteiger partial charge on any atom is -0.380 e. The largest absolute Gasteiger partial charge is 0.380 e. The number of nitriles is 1. The summed E-state index contributed by atoms with van der Waals surface area (Å²) in [6, 6.07) is 6.37. The molecule has 6 nitrogen and oxygen atoms in total. The first kappa shape index (κ1) is 13.9. The minimum absolute atomic E-state index is 0.0713. The summed E-state index contributed by atoms with van der Waals surface area (Å²) in [6.45, 7) is 3.74. The number of hydrogen-bond donors (Lipinski definition) is 0. The van der Waals surface area contributed by atoms with Gasteiger partial charge >= 0.3 is 0 Å². The number of nitro benzene ring substituents is 1. The molecule has 0 aliphatic carbocycles. The number of nitrogens with zero attached hydrogens (tertiary/aromatic N) is 3. The van der Waals surface area contributed by atoms with Crippen LogP contribution in [0, 0.1) is 21.4 Å². The molecule has 1 aromatic carbocycles. The summed E-state index contributed by atoms with van der Waals surface area (Å²) in [4.78, 5) is 12.1. The molecule has 18 heavy (non-hydrogen) atoms. The summed E-state index contributed by atoms with van der Waals surface area (Å²) in [6.07, 6.45) is 0. The van der Waals surface area contributed by atoms with Crippen molar-refractivity contribution in [2.24, 2.45) is 0 Å². The van der Waals surface area contributed by atoms with Crippen molar-refractivity contribution in [3.05, 3.63) is 33.9 Å². The van der Waals surface area contributed by atoms with Gasteiger partial charge in [0.05, 0.1) is 11.5 Å². The summed E-state index contributed by atoms with van der Waals surface area (Å²) < 4.78 is 5.22. The van der Waals surface area contributed by atoms with Crippen molar-refractivity contribution in [3.63, 3.8) is 0 Å². The number of hydrogen-bond acceptors (Lipinski definition) is 5. The van der Waals surface area contributed by atoms with Crippen LogP contribution >= 0.6 is 0 Å². The molecule has 96 valence electrons. The predicted molar refractivity (Wildman–Crippen MR) is 67.6 cm³/mol. The van der Waals surface area contributed by atoms with E-state index < -0.39 is 4.92 Å².